The number of para-hydroxylation sites is 1. The minimum atomic E-state index is -0.207. The minimum Gasteiger partial charge on any atom is -0.370 e. The summed E-state index contributed by atoms with van der Waals surface area (Å²) in [6, 6.07) is 19.3. The molecule has 112 valence electrons. The lowest BCUT2D eigenvalue weighted by Crippen LogP contribution is -2.19. The standard InChI is InChI=1S/C20H21NO/c1-20(12-16(14-22-20)15-8-4-3-5-9-15)18-13-21(2)19-11-7-6-10-17(18)19/h3-11,13,16H,12,14H2,1-2H3. The maximum absolute atomic E-state index is 6.30. The van der Waals surface area contributed by atoms with Crippen LogP contribution in [0.25, 0.3) is 10.9 Å². The first-order chi connectivity index (χ1) is 10.7. The Labute approximate surface area is 131 Å². The molecule has 2 heterocycles. The summed E-state index contributed by atoms with van der Waals surface area (Å²) in [6.45, 7) is 3.03. The van der Waals surface area contributed by atoms with Gasteiger partial charge in [-0.1, -0.05) is 48.5 Å². The van der Waals surface area contributed by atoms with Crippen LogP contribution in [0, 0.1) is 0 Å². The molecule has 1 fully saturated rings. The number of ether oxygens (including phenoxy) is 1. The van der Waals surface area contributed by atoms with Gasteiger partial charge >= 0.3 is 0 Å². The Kier molecular flexibility index (Phi) is 3.08. The minimum absolute atomic E-state index is 0.207. The molecule has 0 spiro atoms. The Morgan fingerprint density at radius 3 is 2.59 bits per heavy atom. The van der Waals surface area contributed by atoms with Gasteiger partial charge in [0.05, 0.1) is 12.2 Å². The summed E-state index contributed by atoms with van der Waals surface area (Å²) in [5.41, 5.74) is 3.75. The predicted molar refractivity (Wildman–Crippen MR) is 90.0 cm³/mol. The number of rotatable bonds is 2. The van der Waals surface area contributed by atoms with Crippen LogP contribution >= 0.6 is 0 Å². The first kappa shape index (κ1) is 13.6. The zero-order valence-electron chi connectivity index (χ0n) is 13.1. The van der Waals surface area contributed by atoms with Crippen molar-refractivity contribution in [2.24, 2.45) is 7.05 Å². The van der Waals surface area contributed by atoms with Crippen LogP contribution in [0.15, 0.2) is 60.8 Å². The van der Waals surface area contributed by atoms with E-state index >= 15 is 0 Å². The second-order valence-corrected chi connectivity index (χ2v) is 6.52. The molecule has 3 aromatic rings. The van der Waals surface area contributed by atoms with Crippen LogP contribution in [0.3, 0.4) is 0 Å². The molecule has 1 aromatic heterocycles. The van der Waals surface area contributed by atoms with E-state index in [0.717, 1.165) is 13.0 Å². The first-order valence-corrected chi connectivity index (χ1v) is 7.91. The lowest BCUT2D eigenvalue weighted by molar-refractivity contribution is 0.0175. The second-order valence-electron chi connectivity index (χ2n) is 6.52. The van der Waals surface area contributed by atoms with Gasteiger partial charge in [0, 0.05) is 35.6 Å². The molecule has 1 aliphatic heterocycles. The Morgan fingerprint density at radius 1 is 1.05 bits per heavy atom. The number of hydrogen-bond acceptors (Lipinski definition) is 1. The van der Waals surface area contributed by atoms with Crippen molar-refractivity contribution in [1.82, 2.24) is 4.57 Å². The van der Waals surface area contributed by atoms with Crippen LogP contribution in [0.5, 0.6) is 0 Å². The van der Waals surface area contributed by atoms with E-state index in [9.17, 15) is 0 Å². The average molecular weight is 291 g/mol. The molecule has 2 atom stereocenters. The SMILES string of the molecule is Cn1cc(C2(C)CC(c3ccccc3)CO2)c2ccccc21. The topological polar surface area (TPSA) is 14.2 Å². The molecular formula is C20H21NO. The average Bonchev–Trinajstić information content (AvgIpc) is 3.11. The molecule has 2 unspecified atom stereocenters. The molecule has 0 saturated carbocycles. The molecule has 4 rings (SSSR count). The van der Waals surface area contributed by atoms with Crippen LogP contribution < -0.4 is 0 Å². The molecular weight excluding hydrogens is 270 g/mol. The van der Waals surface area contributed by atoms with Gasteiger partial charge in [0.1, 0.15) is 0 Å². The van der Waals surface area contributed by atoms with E-state index in [1.807, 2.05) is 0 Å². The fraction of sp³-hybridized carbons (Fsp3) is 0.300. The van der Waals surface area contributed by atoms with Crippen LogP contribution in [-0.4, -0.2) is 11.2 Å². The van der Waals surface area contributed by atoms with E-state index in [-0.39, 0.29) is 5.60 Å². The van der Waals surface area contributed by atoms with E-state index in [2.05, 4.69) is 79.3 Å². The molecule has 0 aliphatic carbocycles. The van der Waals surface area contributed by atoms with Gasteiger partial charge in [-0.15, -0.1) is 0 Å². The molecule has 0 amide bonds. The fourth-order valence-corrected chi connectivity index (χ4v) is 3.76. The lowest BCUT2D eigenvalue weighted by Gasteiger charge is -2.23. The van der Waals surface area contributed by atoms with Crippen molar-refractivity contribution >= 4 is 10.9 Å². The van der Waals surface area contributed by atoms with E-state index in [1.165, 1.54) is 22.0 Å². The molecule has 0 N–H and O–H groups in total. The number of benzene rings is 2. The summed E-state index contributed by atoms with van der Waals surface area (Å²) in [7, 11) is 2.11. The van der Waals surface area contributed by atoms with Gasteiger partial charge in [-0.3, -0.25) is 0 Å². The van der Waals surface area contributed by atoms with Crippen LogP contribution in [0.4, 0.5) is 0 Å². The summed E-state index contributed by atoms with van der Waals surface area (Å²) in [4.78, 5) is 0. The van der Waals surface area contributed by atoms with E-state index < -0.39 is 0 Å². The highest BCUT2D eigenvalue weighted by Crippen LogP contribution is 2.45. The zero-order valence-corrected chi connectivity index (χ0v) is 13.1. The molecule has 0 bridgehead atoms. The maximum atomic E-state index is 6.30. The normalized spacial score (nSPS) is 24.9. The van der Waals surface area contributed by atoms with Crippen LogP contribution in [0.2, 0.25) is 0 Å². The van der Waals surface area contributed by atoms with E-state index in [1.54, 1.807) is 0 Å². The number of nitrogens with zero attached hydrogens (tertiary/aromatic N) is 1. The van der Waals surface area contributed by atoms with Gasteiger partial charge in [0.25, 0.3) is 0 Å². The monoisotopic (exact) mass is 291 g/mol. The predicted octanol–water partition coefficient (Wildman–Crippen LogP) is 4.60. The third-order valence-corrected chi connectivity index (χ3v) is 4.98. The van der Waals surface area contributed by atoms with Gasteiger partial charge in [-0.2, -0.15) is 0 Å². The number of aryl methyl sites for hydroxylation is 1. The van der Waals surface area contributed by atoms with E-state index in [0.29, 0.717) is 5.92 Å². The van der Waals surface area contributed by atoms with Gasteiger partial charge in [-0.05, 0) is 25.0 Å². The summed E-state index contributed by atoms with van der Waals surface area (Å²) in [6.07, 6.45) is 3.27. The molecule has 2 nitrogen and oxygen atoms in total. The third kappa shape index (κ3) is 2.06. The molecule has 0 radical (unpaired) electrons. The third-order valence-electron chi connectivity index (χ3n) is 4.98. The summed E-state index contributed by atoms with van der Waals surface area (Å²) >= 11 is 0. The zero-order chi connectivity index (χ0) is 15.2. The van der Waals surface area contributed by atoms with Crippen molar-refractivity contribution < 1.29 is 4.74 Å². The lowest BCUT2D eigenvalue weighted by atomic mass is 9.86. The van der Waals surface area contributed by atoms with Crippen molar-refractivity contribution in [1.29, 1.82) is 0 Å². The Hall–Kier alpha value is -2.06. The van der Waals surface area contributed by atoms with Crippen LogP contribution in [-0.2, 0) is 17.4 Å². The molecule has 2 heteroatoms. The van der Waals surface area contributed by atoms with Gasteiger partial charge in [0.2, 0.25) is 0 Å². The molecule has 22 heavy (non-hydrogen) atoms. The summed E-state index contributed by atoms with van der Waals surface area (Å²) < 4.78 is 8.51. The summed E-state index contributed by atoms with van der Waals surface area (Å²) in [5, 5.41) is 1.31. The number of aromatic nitrogens is 1. The first-order valence-electron chi connectivity index (χ1n) is 7.91. The second kappa shape index (κ2) is 4.99. The number of fused-ring (bicyclic) bond motifs is 1. The van der Waals surface area contributed by atoms with Crippen molar-refractivity contribution in [3.05, 3.63) is 71.9 Å². The van der Waals surface area contributed by atoms with Gasteiger partial charge < -0.3 is 9.30 Å². The molecule has 1 saturated heterocycles. The van der Waals surface area contributed by atoms with E-state index in [4.69, 9.17) is 4.74 Å². The Morgan fingerprint density at radius 2 is 1.77 bits per heavy atom. The van der Waals surface area contributed by atoms with Crippen molar-refractivity contribution in [2.75, 3.05) is 6.61 Å². The van der Waals surface area contributed by atoms with Crippen molar-refractivity contribution in [2.45, 2.75) is 24.9 Å². The highest BCUT2D eigenvalue weighted by Gasteiger charge is 2.40. The quantitative estimate of drug-likeness (QED) is 0.673. The van der Waals surface area contributed by atoms with Gasteiger partial charge in [0.15, 0.2) is 0 Å². The van der Waals surface area contributed by atoms with Crippen molar-refractivity contribution in [3.8, 4) is 0 Å². The summed E-state index contributed by atoms with van der Waals surface area (Å²) in [5.74, 6) is 0.477. The number of hydrogen-bond donors (Lipinski definition) is 0. The molecule has 1 aliphatic rings. The molecule has 2 aromatic carbocycles. The highest BCUT2D eigenvalue weighted by molar-refractivity contribution is 5.84. The van der Waals surface area contributed by atoms with Crippen molar-refractivity contribution in [3.63, 3.8) is 0 Å². The Balaban J connectivity index is 1.73. The maximum Gasteiger partial charge on any atom is 0.0930 e. The fourth-order valence-electron chi connectivity index (χ4n) is 3.76. The largest absolute Gasteiger partial charge is 0.370 e. The Bertz CT molecular complexity index is 805. The van der Waals surface area contributed by atoms with Gasteiger partial charge in [-0.25, -0.2) is 0 Å². The van der Waals surface area contributed by atoms with Crippen LogP contribution in [0.1, 0.15) is 30.4 Å². The highest BCUT2D eigenvalue weighted by atomic mass is 16.5. The smallest absolute Gasteiger partial charge is 0.0930 e.